The monoisotopic (exact) mass is 275 g/mol. The van der Waals surface area contributed by atoms with E-state index < -0.39 is 0 Å². The summed E-state index contributed by atoms with van der Waals surface area (Å²) >= 11 is 4.93. The molecule has 0 amide bonds. The number of aromatic nitrogens is 1. The summed E-state index contributed by atoms with van der Waals surface area (Å²) in [6.45, 7) is 2.32. The van der Waals surface area contributed by atoms with Gasteiger partial charge in [-0.2, -0.15) is 0 Å². The molecule has 1 aliphatic heterocycles. The van der Waals surface area contributed by atoms with Crippen molar-refractivity contribution in [2.24, 2.45) is 11.1 Å². The SMILES string of the molecule is NC(=S)c1ccc(N2CCC3(CCCC3)CC2)cn1. The van der Waals surface area contributed by atoms with Crippen LogP contribution in [0.5, 0.6) is 0 Å². The third kappa shape index (κ3) is 2.59. The summed E-state index contributed by atoms with van der Waals surface area (Å²) in [6, 6.07) is 4.02. The van der Waals surface area contributed by atoms with Crippen molar-refractivity contribution in [2.45, 2.75) is 38.5 Å². The molecule has 3 rings (SSSR count). The van der Waals surface area contributed by atoms with Gasteiger partial charge >= 0.3 is 0 Å². The van der Waals surface area contributed by atoms with E-state index in [4.69, 9.17) is 18.0 Å². The lowest BCUT2D eigenvalue weighted by molar-refractivity contribution is 0.226. The molecule has 0 radical (unpaired) electrons. The maximum atomic E-state index is 5.58. The van der Waals surface area contributed by atoms with E-state index in [2.05, 4.69) is 16.0 Å². The van der Waals surface area contributed by atoms with Crippen molar-refractivity contribution in [2.75, 3.05) is 18.0 Å². The number of rotatable bonds is 2. The molecule has 1 aromatic rings. The van der Waals surface area contributed by atoms with Gasteiger partial charge in [-0.15, -0.1) is 0 Å². The second-order valence-corrected chi connectivity index (χ2v) is 6.40. The zero-order valence-electron chi connectivity index (χ0n) is 11.3. The topological polar surface area (TPSA) is 42.1 Å². The second-order valence-electron chi connectivity index (χ2n) is 5.96. The molecule has 19 heavy (non-hydrogen) atoms. The average Bonchev–Trinajstić information content (AvgIpc) is 2.88. The number of nitrogens with two attached hydrogens (primary N) is 1. The van der Waals surface area contributed by atoms with E-state index in [0.29, 0.717) is 16.1 Å². The van der Waals surface area contributed by atoms with Crippen molar-refractivity contribution in [1.82, 2.24) is 4.98 Å². The van der Waals surface area contributed by atoms with Crippen molar-refractivity contribution in [3.8, 4) is 0 Å². The molecule has 1 spiro atoms. The second kappa shape index (κ2) is 5.08. The first-order valence-corrected chi connectivity index (χ1v) is 7.60. The first kappa shape index (κ1) is 12.9. The Morgan fingerprint density at radius 3 is 2.37 bits per heavy atom. The summed E-state index contributed by atoms with van der Waals surface area (Å²) in [7, 11) is 0. The molecule has 0 bridgehead atoms. The lowest BCUT2D eigenvalue weighted by Crippen LogP contribution is -2.38. The highest BCUT2D eigenvalue weighted by Crippen LogP contribution is 2.46. The summed E-state index contributed by atoms with van der Waals surface area (Å²) < 4.78 is 0. The standard InChI is InChI=1S/C15H21N3S/c16-14(19)13-4-3-12(11-17-13)18-9-7-15(8-10-18)5-1-2-6-15/h3-4,11H,1-2,5-10H2,(H2,16,19). The molecule has 2 fully saturated rings. The Kier molecular flexibility index (Phi) is 3.44. The van der Waals surface area contributed by atoms with Crippen LogP contribution in [0.3, 0.4) is 0 Å². The van der Waals surface area contributed by atoms with Gasteiger partial charge in [0.05, 0.1) is 17.6 Å². The van der Waals surface area contributed by atoms with Gasteiger partial charge in [-0.1, -0.05) is 25.1 Å². The lowest BCUT2D eigenvalue weighted by Gasteiger charge is -2.40. The van der Waals surface area contributed by atoms with Gasteiger partial charge in [-0.3, -0.25) is 4.98 Å². The maximum Gasteiger partial charge on any atom is 0.122 e. The smallest absolute Gasteiger partial charge is 0.122 e. The van der Waals surface area contributed by atoms with E-state index in [1.807, 2.05) is 12.3 Å². The molecule has 2 heterocycles. The molecule has 102 valence electrons. The average molecular weight is 275 g/mol. The van der Waals surface area contributed by atoms with E-state index in [1.165, 1.54) is 44.2 Å². The van der Waals surface area contributed by atoms with Crippen LogP contribution in [-0.4, -0.2) is 23.1 Å². The van der Waals surface area contributed by atoms with Gasteiger partial charge in [0.2, 0.25) is 0 Å². The summed E-state index contributed by atoms with van der Waals surface area (Å²) in [5.41, 5.74) is 8.16. The molecule has 4 heteroatoms. The Morgan fingerprint density at radius 1 is 1.16 bits per heavy atom. The predicted molar refractivity (Wildman–Crippen MR) is 82.5 cm³/mol. The Balaban J connectivity index is 1.66. The largest absolute Gasteiger partial charge is 0.388 e. The summed E-state index contributed by atoms with van der Waals surface area (Å²) in [6.07, 6.45) is 10.3. The number of pyridine rings is 1. The van der Waals surface area contributed by atoms with Crippen LogP contribution in [-0.2, 0) is 0 Å². The zero-order chi connectivity index (χ0) is 13.3. The Morgan fingerprint density at radius 2 is 1.84 bits per heavy atom. The molecule has 0 aromatic carbocycles. The van der Waals surface area contributed by atoms with Gasteiger partial charge in [0.25, 0.3) is 0 Å². The fourth-order valence-corrected chi connectivity index (χ4v) is 3.70. The van der Waals surface area contributed by atoms with E-state index in [1.54, 1.807) is 0 Å². The number of anilines is 1. The molecule has 1 aromatic heterocycles. The van der Waals surface area contributed by atoms with Crippen LogP contribution in [0.1, 0.15) is 44.2 Å². The van der Waals surface area contributed by atoms with Crippen LogP contribution in [0.25, 0.3) is 0 Å². The van der Waals surface area contributed by atoms with Crippen molar-refractivity contribution in [3.63, 3.8) is 0 Å². The minimum atomic E-state index is 0.370. The van der Waals surface area contributed by atoms with Crippen molar-refractivity contribution in [1.29, 1.82) is 0 Å². The third-order valence-corrected chi connectivity index (χ3v) is 5.06. The Labute approximate surface area is 120 Å². The normalized spacial score (nSPS) is 21.8. The molecular weight excluding hydrogens is 254 g/mol. The number of nitrogens with zero attached hydrogens (tertiary/aromatic N) is 2. The highest BCUT2D eigenvalue weighted by molar-refractivity contribution is 7.80. The first-order valence-electron chi connectivity index (χ1n) is 7.19. The maximum absolute atomic E-state index is 5.58. The fourth-order valence-electron chi connectivity index (χ4n) is 3.58. The predicted octanol–water partition coefficient (Wildman–Crippen LogP) is 2.88. The minimum Gasteiger partial charge on any atom is -0.388 e. The molecule has 2 aliphatic rings. The van der Waals surface area contributed by atoms with E-state index in [-0.39, 0.29) is 0 Å². The number of thiocarbonyl (C=S) groups is 1. The van der Waals surface area contributed by atoms with Crippen molar-refractivity contribution in [3.05, 3.63) is 24.0 Å². The van der Waals surface area contributed by atoms with Crippen molar-refractivity contribution < 1.29 is 0 Å². The third-order valence-electron chi connectivity index (χ3n) is 4.85. The molecule has 0 atom stereocenters. The van der Waals surface area contributed by atoms with E-state index in [0.717, 1.165) is 13.1 Å². The van der Waals surface area contributed by atoms with Crippen molar-refractivity contribution >= 4 is 22.9 Å². The van der Waals surface area contributed by atoms with Gasteiger partial charge in [-0.25, -0.2) is 0 Å². The quantitative estimate of drug-likeness (QED) is 0.843. The zero-order valence-corrected chi connectivity index (χ0v) is 12.1. The lowest BCUT2D eigenvalue weighted by atomic mass is 9.77. The Hall–Kier alpha value is -1.16. The van der Waals surface area contributed by atoms with Crippen LogP contribution in [0.4, 0.5) is 5.69 Å². The highest BCUT2D eigenvalue weighted by Gasteiger charge is 2.36. The van der Waals surface area contributed by atoms with Gasteiger partial charge in [0.15, 0.2) is 0 Å². The Bertz CT molecular complexity index is 453. The van der Waals surface area contributed by atoms with Crippen LogP contribution in [0.15, 0.2) is 18.3 Å². The van der Waals surface area contributed by atoms with Crippen LogP contribution < -0.4 is 10.6 Å². The molecule has 1 aliphatic carbocycles. The van der Waals surface area contributed by atoms with Crippen LogP contribution >= 0.6 is 12.2 Å². The molecule has 3 nitrogen and oxygen atoms in total. The molecular formula is C15H21N3S. The first-order chi connectivity index (χ1) is 9.19. The minimum absolute atomic E-state index is 0.370. The molecule has 1 saturated carbocycles. The molecule has 2 N–H and O–H groups in total. The summed E-state index contributed by atoms with van der Waals surface area (Å²) in [5, 5.41) is 0. The van der Waals surface area contributed by atoms with E-state index >= 15 is 0 Å². The van der Waals surface area contributed by atoms with Gasteiger partial charge < -0.3 is 10.6 Å². The molecule has 1 saturated heterocycles. The van der Waals surface area contributed by atoms with Gasteiger partial charge in [0.1, 0.15) is 4.99 Å². The fraction of sp³-hybridized carbons (Fsp3) is 0.600. The van der Waals surface area contributed by atoms with Gasteiger partial charge in [0, 0.05) is 13.1 Å². The number of hydrogen-bond acceptors (Lipinski definition) is 3. The summed E-state index contributed by atoms with van der Waals surface area (Å²) in [5.74, 6) is 0. The van der Waals surface area contributed by atoms with Gasteiger partial charge in [-0.05, 0) is 43.2 Å². The number of hydrogen-bond donors (Lipinski definition) is 1. The number of piperidine rings is 1. The highest BCUT2D eigenvalue weighted by atomic mass is 32.1. The molecule has 0 unspecified atom stereocenters. The van der Waals surface area contributed by atoms with Crippen LogP contribution in [0, 0.1) is 5.41 Å². The van der Waals surface area contributed by atoms with E-state index in [9.17, 15) is 0 Å². The summed E-state index contributed by atoms with van der Waals surface area (Å²) in [4.78, 5) is 7.15. The van der Waals surface area contributed by atoms with Crippen LogP contribution in [0.2, 0.25) is 0 Å².